The SMILES string of the molecule is CCc1nc(CCNC(=O)N[C@@H]2CCN(C(C)C)C2)sc1C. The minimum atomic E-state index is -0.0559. The van der Waals surface area contributed by atoms with Gasteiger partial charge in [-0.15, -0.1) is 11.3 Å². The molecule has 1 aromatic heterocycles. The number of nitrogens with one attached hydrogen (secondary N) is 2. The van der Waals surface area contributed by atoms with Gasteiger partial charge >= 0.3 is 6.03 Å². The van der Waals surface area contributed by atoms with E-state index in [1.807, 2.05) is 0 Å². The molecule has 1 fully saturated rings. The standard InChI is InChI=1S/C16H28N4OS/c1-5-14-12(4)22-15(19-14)6-8-17-16(21)18-13-7-9-20(10-13)11(2)3/h11,13H,5-10H2,1-4H3,(H2,17,18,21)/t13-/m1/s1. The van der Waals surface area contributed by atoms with E-state index >= 15 is 0 Å². The van der Waals surface area contributed by atoms with Crippen LogP contribution in [0.2, 0.25) is 0 Å². The molecule has 0 saturated carbocycles. The lowest BCUT2D eigenvalue weighted by Gasteiger charge is -2.20. The third-order valence-electron chi connectivity index (χ3n) is 4.18. The topological polar surface area (TPSA) is 57.3 Å². The van der Waals surface area contributed by atoms with Gasteiger partial charge in [0.15, 0.2) is 0 Å². The first kappa shape index (κ1) is 17.2. The van der Waals surface area contributed by atoms with Crippen molar-refractivity contribution >= 4 is 17.4 Å². The molecule has 22 heavy (non-hydrogen) atoms. The fraction of sp³-hybridized carbons (Fsp3) is 0.750. The molecular weight excluding hydrogens is 296 g/mol. The number of urea groups is 1. The predicted molar refractivity (Wildman–Crippen MR) is 91.6 cm³/mol. The van der Waals surface area contributed by atoms with Crippen LogP contribution in [-0.4, -0.2) is 47.6 Å². The number of hydrogen-bond acceptors (Lipinski definition) is 4. The summed E-state index contributed by atoms with van der Waals surface area (Å²) in [7, 11) is 0. The van der Waals surface area contributed by atoms with E-state index in [0.717, 1.165) is 37.4 Å². The summed E-state index contributed by atoms with van der Waals surface area (Å²) in [4.78, 5) is 20.2. The maximum Gasteiger partial charge on any atom is 0.315 e. The van der Waals surface area contributed by atoms with E-state index in [2.05, 4.69) is 48.2 Å². The van der Waals surface area contributed by atoms with Gasteiger partial charge in [0.25, 0.3) is 0 Å². The van der Waals surface area contributed by atoms with Gasteiger partial charge in [-0.1, -0.05) is 6.92 Å². The van der Waals surface area contributed by atoms with Crippen LogP contribution < -0.4 is 10.6 Å². The monoisotopic (exact) mass is 324 g/mol. The molecule has 1 atom stereocenters. The molecule has 1 aliphatic heterocycles. The Hall–Kier alpha value is -1.14. The summed E-state index contributed by atoms with van der Waals surface area (Å²) in [6, 6.07) is 0.770. The summed E-state index contributed by atoms with van der Waals surface area (Å²) >= 11 is 1.74. The van der Waals surface area contributed by atoms with Crippen molar-refractivity contribution in [2.45, 2.75) is 59.0 Å². The highest BCUT2D eigenvalue weighted by Gasteiger charge is 2.25. The lowest BCUT2D eigenvalue weighted by Crippen LogP contribution is -2.44. The predicted octanol–water partition coefficient (Wildman–Crippen LogP) is 2.34. The fourth-order valence-electron chi connectivity index (χ4n) is 2.82. The summed E-state index contributed by atoms with van der Waals surface area (Å²) in [6.45, 7) is 11.3. The van der Waals surface area contributed by atoms with Crippen molar-refractivity contribution in [3.05, 3.63) is 15.6 Å². The molecule has 1 aromatic rings. The van der Waals surface area contributed by atoms with Gasteiger partial charge in [-0.2, -0.15) is 0 Å². The zero-order chi connectivity index (χ0) is 16.1. The minimum absolute atomic E-state index is 0.0559. The average molecular weight is 324 g/mol. The molecule has 5 nitrogen and oxygen atoms in total. The van der Waals surface area contributed by atoms with E-state index < -0.39 is 0 Å². The molecule has 2 rings (SSSR count). The van der Waals surface area contributed by atoms with Gasteiger partial charge in [0.2, 0.25) is 0 Å². The Labute approximate surface area is 137 Å². The number of rotatable bonds is 6. The Balaban J connectivity index is 1.67. The summed E-state index contributed by atoms with van der Waals surface area (Å²) < 4.78 is 0. The van der Waals surface area contributed by atoms with Gasteiger partial charge in [-0.3, -0.25) is 4.90 Å². The molecular formula is C16H28N4OS. The van der Waals surface area contributed by atoms with Crippen LogP contribution in [-0.2, 0) is 12.8 Å². The molecule has 0 aromatic carbocycles. The average Bonchev–Trinajstić information content (AvgIpc) is 3.05. The molecule has 0 aliphatic carbocycles. The number of amides is 2. The number of likely N-dealkylation sites (tertiary alicyclic amines) is 1. The van der Waals surface area contributed by atoms with Crippen LogP contribution in [0.4, 0.5) is 4.79 Å². The van der Waals surface area contributed by atoms with Crippen LogP contribution >= 0.6 is 11.3 Å². The zero-order valence-corrected chi connectivity index (χ0v) is 14.9. The largest absolute Gasteiger partial charge is 0.338 e. The normalized spacial score (nSPS) is 18.9. The van der Waals surface area contributed by atoms with Gasteiger partial charge in [-0.25, -0.2) is 9.78 Å². The third kappa shape index (κ3) is 4.68. The highest BCUT2D eigenvalue weighted by atomic mass is 32.1. The number of carbonyl (C=O) groups is 1. The Kier molecular flexibility index (Phi) is 6.20. The summed E-state index contributed by atoms with van der Waals surface area (Å²) in [5.74, 6) is 0. The molecule has 2 amide bonds. The highest BCUT2D eigenvalue weighted by Crippen LogP contribution is 2.18. The Morgan fingerprint density at radius 2 is 2.27 bits per heavy atom. The molecule has 2 N–H and O–H groups in total. The second kappa shape index (κ2) is 7.92. The highest BCUT2D eigenvalue weighted by molar-refractivity contribution is 7.11. The number of carbonyl (C=O) groups excluding carboxylic acids is 1. The first-order valence-corrected chi connectivity index (χ1v) is 9.04. The van der Waals surface area contributed by atoms with Crippen LogP contribution in [0.5, 0.6) is 0 Å². The first-order valence-electron chi connectivity index (χ1n) is 8.23. The third-order valence-corrected chi connectivity index (χ3v) is 5.25. The van der Waals surface area contributed by atoms with Crippen LogP contribution in [0, 0.1) is 6.92 Å². The van der Waals surface area contributed by atoms with E-state index in [1.165, 1.54) is 10.6 Å². The van der Waals surface area contributed by atoms with Crippen molar-refractivity contribution in [3.8, 4) is 0 Å². The van der Waals surface area contributed by atoms with E-state index in [0.29, 0.717) is 12.6 Å². The number of aromatic nitrogens is 1. The van der Waals surface area contributed by atoms with Crippen molar-refractivity contribution < 1.29 is 4.79 Å². The van der Waals surface area contributed by atoms with Crippen LogP contribution in [0.25, 0.3) is 0 Å². The minimum Gasteiger partial charge on any atom is -0.338 e. The maximum absolute atomic E-state index is 11.9. The molecule has 0 spiro atoms. The number of nitrogens with zero attached hydrogens (tertiary/aromatic N) is 2. The van der Waals surface area contributed by atoms with E-state index in [-0.39, 0.29) is 12.1 Å². The molecule has 2 heterocycles. The van der Waals surface area contributed by atoms with Crippen LogP contribution in [0.3, 0.4) is 0 Å². The Morgan fingerprint density at radius 3 is 2.86 bits per heavy atom. The lowest BCUT2D eigenvalue weighted by atomic mass is 10.3. The van der Waals surface area contributed by atoms with E-state index in [4.69, 9.17) is 0 Å². The summed E-state index contributed by atoms with van der Waals surface area (Å²) in [6.07, 6.45) is 2.82. The molecule has 0 radical (unpaired) electrons. The fourth-order valence-corrected chi connectivity index (χ4v) is 3.84. The van der Waals surface area contributed by atoms with E-state index in [9.17, 15) is 4.79 Å². The van der Waals surface area contributed by atoms with Gasteiger partial charge in [-0.05, 0) is 33.6 Å². The van der Waals surface area contributed by atoms with Gasteiger partial charge in [0, 0.05) is 43.0 Å². The molecule has 0 unspecified atom stereocenters. The number of aryl methyl sites for hydroxylation is 2. The quantitative estimate of drug-likeness (QED) is 0.844. The van der Waals surface area contributed by atoms with Crippen LogP contribution in [0.15, 0.2) is 0 Å². The first-order chi connectivity index (χ1) is 10.5. The molecule has 6 heteroatoms. The zero-order valence-electron chi connectivity index (χ0n) is 14.1. The molecule has 1 saturated heterocycles. The smallest absolute Gasteiger partial charge is 0.315 e. The van der Waals surface area contributed by atoms with Gasteiger partial charge in [0.05, 0.1) is 10.7 Å². The Bertz CT molecular complexity index is 500. The van der Waals surface area contributed by atoms with Crippen LogP contribution in [0.1, 0.15) is 42.8 Å². The number of hydrogen-bond donors (Lipinski definition) is 2. The Morgan fingerprint density at radius 1 is 1.50 bits per heavy atom. The van der Waals surface area contributed by atoms with Crippen molar-refractivity contribution in [1.82, 2.24) is 20.5 Å². The van der Waals surface area contributed by atoms with Crippen molar-refractivity contribution in [3.63, 3.8) is 0 Å². The van der Waals surface area contributed by atoms with Gasteiger partial charge in [0.1, 0.15) is 0 Å². The van der Waals surface area contributed by atoms with Gasteiger partial charge < -0.3 is 10.6 Å². The van der Waals surface area contributed by atoms with E-state index in [1.54, 1.807) is 11.3 Å². The van der Waals surface area contributed by atoms with Crippen molar-refractivity contribution in [1.29, 1.82) is 0 Å². The second-order valence-electron chi connectivity index (χ2n) is 6.19. The molecule has 0 bridgehead atoms. The van der Waals surface area contributed by atoms with Crippen molar-refractivity contribution in [2.75, 3.05) is 19.6 Å². The summed E-state index contributed by atoms with van der Waals surface area (Å²) in [5, 5.41) is 7.13. The lowest BCUT2D eigenvalue weighted by molar-refractivity contribution is 0.233. The number of thiazole rings is 1. The maximum atomic E-state index is 11.9. The molecule has 1 aliphatic rings. The van der Waals surface area contributed by atoms with Crippen molar-refractivity contribution in [2.24, 2.45) is 0 Å². The molecule has 124 valence electrons. The second-order valence-corrected chi connectivity index (χ2v) is 7.48. The summed E-state index contributed by atoms with van der Waals surface area (Å²) in [5.41, 5.74) is 1.18.